The van der Waals surface area contributed by atoms with Gasteiger partial charge in [0.2, 0.25) is 0 Å². The molecule has 0 bridgehead atoms. The zero-order valence-electron chi connectivity index (χ0n) is 10.00. The molecule has 1 aromatic carbocycles. The van der Waals surface area contributed by atoms with Gasteiger partial charge in [-0.15, -0.1) is 0 Å². The molecular formula is C12H16F3NO2. The number of hydrogen-bond donors (Lipinski definition) is 2. The zero-order valence-corrected chi connectivity index (χ0v) is 10.00. The second kappa shape index (κ2) is 6.72. The molecule has 1 rings (SSSR count). The molecule has 0 heterocycles. The molecule has 6 heteroatoms. The van der Waals surface area contributed by atoms with Crippen molar-refractivity contribution in [3.8, 4) is 0 Å². The number of methoxy groups -OCH3 is 1. The number of halogens is 3. The zero-order chi connectivity index (χ0) is 13.6. The van der Waals surface area contributed by atoms with E-state index in [0.29, 0.717) is 13.2 Å². The third-order valence-corrected chi connectivity index (χ3v) is 2.46. The quantitative estimate of drug-likeness (QED) is 0.822. The van der Waals surface area contributed by atoms with E-state index in [2.05, 4.69) is 5.32 Å². The second-order valence-electron chi connectivity index (χ2n) is 3.91. The third kappa shape index (κ3) is 4.64. The van der Waals surface area contributed by atoms with Gasteiger partial charge in [-0.25, -0.2) is 0 Å². The Labute approximate surface area is 104 Å². The Bertz CT molecular complexity index is 351. The van der Waals surface area contributed by atoms with Crippen molar-refractivity contribution in [1.82, 2.24) is 5.32 Å². The highest BCUT2D eigenvalue weighted by Crippen LogP contribution is 2.28. The Balaban J connectivity index is 2.53. The van der Waals surface area contributed by atoms with Gasteiger partial charge in [0.05, 0.1) is 24.8 Å². The van der Waals surface area contributed by atoms with Crippen molar-refractivity contribution in [3.63, 3.8) is 0 Å². The van der Waals surface area contributed by atoms with E-state index in [1.165, 1.54) is 19.2 Å². The Morgan fingerprint density at radius 2 is 1.89 bits per heavy atom. The molecule has 0 saturated carbocycles. The molecule has 0 fully saturated rings. The predicted octanol–water partition coefficient (Wildman–Crippen LogP) is 1.80. The van der Waals surface area contributed by atoms with Gasteiger partial charge in [-0.3, -0.25) is 0 Å². The first-order chi connectivity index (χ1) is 8.47. The molecule has 0 saturated heterocycles. The van der Waals surface area contributed by atoms with Crippen LogP contribution in [-0.4, -0.2) is 31.5 Å². The maximum absolute atomic E-state index is 12.3. The second-order valence-corrected chi connectivity index (χ2v) is 3.91. The van der Waals surface area contributed by atoms with Crippen LogP contribution in [0, 0.1) is 0 Å². The number of benzene rings is 1. The molecule has 102 valence electrons. The average molecular weight is 263 g/mol. The molecule has 0 aromatic heterocycles. The first-order valence-corrected chi connectivity index (χ1v) is 5.46. The first kappa shape index (κ1) is 14.9. The van der Waals surface area contributed by atoms with Crippen LogP contribution in [0.15, 0.2) is 24.3 Å². The minimum atomic E-state index is -4.31. The molecule has 1 aromatic rings. The molecule has 18 heavy (non-hydrogen) atoms. The van der Waals surface area contributed by atoms with Gasteiger partial charge >= 0.3 is 6.18 Å². The van der Waals surface area contributed by atoms with Gasteiger partial charge in [0.25, 0.3) is 0 Å². The van der Waals surface area contributed by atoms with Crippen LogP contribution in [-0.2, 0) is 17.5 Å². The van der Waals surface area contributed by atoms with Crippen molar-refractivity contribution in [3.05, 3.63) is 35.4 Å². The maximum Gasteiger partial charge on any atom is 0.416 e. The standard InChI is InChI=1S/C12H16F3NO2/c1-18-8-11(7-17)16-6-9-2-4-10(5-3-9)12(13,14)15/h2-5,11,16-17H,6-8H2,1H3. The lowest BCUT2D eigenvalue weighted by molar-refractivity contribution is -0.137. The van der Waals surface area contributed by atoms with Crippen LogP contribution in [0.2, 0.25) is 0 Å². The van der Waals surface area contributed by atoms with Gasteiger partial charge < -0.3 is 15.2 Å². The summed E-state index contributed by atoms with van der Waals surface area (Å²) in [6, 6.07) is 4.69. The van der Waals surface area contributed by atoms with Crippen molar-refractivity contribution >= 4 is 0 Å². The lowest BCUT2D eigenvalue weighted by atomic mass is 10.1. The molecule has 0 aliphatic heterocycles. The molecule has 0 radical (unpaired) electrons. The van der Waals surface area contributed by atoms with E-state index in [9.17, 15) is 13.2 Å². The normalized spacial score (nSPS) is 13.6. The van der Waals surface area contributed by atoms with Crippen molar-refractivity contribution in [2.75, 3.05) is 20.3 Å². The van der Waals surface area contributed by atoms with Gasteiger partial charge in [0.15, 0.2) is 0 Å². The van der Waals surface area contributed by atoms with Crippen LogP contribution in [0.4, 0.5) is 13.2 Å². The number of aliphatic hydroxyl groups excluding tert-OH is 1. The van der Waals surface area contributed by atoms with Gasteiger partial charge in [-0.1, -0.05) is 12.1 Å². The molecule has 0 aliphatic rings. The van der Waals surface area contributed by atoms with Crippen molar-refractivity contribution in [2.24, 2.45) is 0 Å². The molecule has 0 amide bonds. The summed E-state index contributed by atoms with van der Waals surface area (Å²) >= 11 is 0. The van der Waals surface area contributed by atoms with E-state index in [1.54, 1.807) is 0 Å². The molecule has 0 spiro atoms. The monoisotopic (exact) mass is 263 g/mol. The van der Waals surface area contributed by atoms with E-state index < -0.39 is 11.7 Å². The summed E-state index contributed by atoms with van der Waals surface area (Å²) in [7, 11) is 1.52. The van der Waals surface area contributed by atoms with Gasteiger partial charge in [0, 0.05) is 13.7 Å². The first-order valence-electron chi connectivity index (χ1n) is 5.46. The SMILES string of the molecule is COCC(CO)NCc1ccc(C(F)(F)F)cc1. The van der Waals surface area contributed by atoms with Crippen LogP contribution >= 0.6 is 0 Å². The largest absolute Gasteiger partial charge is 0.416 e. The van der Waals surface area contributed by atoms with Crippen molar-refractivity contribution < 1.29 is 23.0 Å². The summed E-state index contributed by atoms with van der Waals surface area (Å²) in [4.78, 5) is 0. The number of ether oxygens (including phenoxy) is 1. The smallest absolute Gasteiger partial charge is 0.395 e. The molecule has 1 unspecified atom stereocenters. The highest BCUT2D eigenvalue weighted by atomic mass is 19.4. The van der Waals surface area contributed by atoms with E-state index in [1.807, 2.05) is 0 Å². The van der Waals surface area contributed by atoms with Crippen LogP contribution in [0.5, 0.6) is 0 Å². The van der Waals surface area contributed by atoms with Gasteiger partial charge in [-0.2, -0.15) is 13.2 Å². The predicted molar refractivity (Wildman–Crippen MR) is 61.0 cm³/mol. The van der Waals surface area contributed by atoms with Crippen LogP contribution < -0.4 is 5.32 Å². The van der Waals surface area contributed by atoms with Gasteiger partial charge in [0.1, 0.15) is 0 Å². The minimum absolute atomic E-state index is 0.0888. The van der Waals surface area contributed by atoms with E-state index in [4.69, 9.17) is 9.84 Å². The summed E-state index contributed by atoms with van der Waals surface area (Å²) in [5.41, 5.74) is 0.0550. The molecule has 1 atom stereocenters. The summed E-state index contributed by atoms with van der Waals surface area (Å²) < 4.78 is 41.8. The third-order valence-electron chi connectivity index (χ3n) is 2.46. The molecule has 0 aliphatic carbocycles. The number of nitrogens with one attached hydrogen (secondary N) is 1. The highest BCUT2D eigenvalue weighted by Gasteiger charge is 2.29. The number of aliphatic hydroxyl groups is 1. The number of hydrogen-bond acceptors (Lipinski definition) is 3. The molecule has 2 N–H and O–H groups in total. The Morgan fingerprint density at radius 3 is 2.33 bits per heavy atom. The Kier molecular flexibility index (Phi) is 5.58. The fraction of sp³-hybridized carbons (Fsp3) is 0.500. The summed E-state index contributed by atoms with van der Waals surface area (Å²) in [5.74, 6) is 0. The van der Waals surface area contributed by atoms with Crippen LogP contribution in [0.3, 0.4) is 0 Å². The van der Waals surface area contributed by atoms with Crippen molar-refractivity contribution in [2.45, 2.75) is 18.8 Å². The van der Waals surface area contributed by atoms with E-state index in [0.717, 1.165) is 17.7 Å². The summed E-state index contributed by atoms with van der Waals surface area (Å²) in [6.45, 7) is 0.637. The minimum Gasteiger partial charge on any atom is -0.395 e. The topological polar surface area (TPSA) is 41.5 Å². The lowest BCUT2D eigenvalue weighted by Gasteiger charge is -2.15. The maximum atomic E-state index is 12.3. The van der Waals surface area contributed by atoms with Crippen molar-refractivity contribution in [1.29, 1.82) is 0 Å². The Morgan fingerprint density at radius 1 is 1.28 bits per heavy atom. The fourth-order valence-electron chi connectivity index (χ4n) is 1.45. The van der Waals surface area contributed by atoms with E-state index >= 15 is 0 Å². The summed E-state index contributed by atoms with van der Waals surface area (Å²) in [5, 5.41) is 12.0. The van der Waals surface area contributed by atoms with Crippen LogP contribution in [0.1, 0.15) is 11.1 Å². The molecule has 3 nitrogen and oxygen atoms in total. The molecular weight excluding hydrogens is 247 g/mol. The van der Waals surface area contributed by atoms with E-state index in [-0.39, 0.29) is 12.6 Å². The fourth-order valence-corrected chi connectivity index (χ4v) is 1.45. The number of rotatable bonds is 6. The Hall–Kier alpha value is -1.11. The van der Waals surface area contributed by atoms with Gasteiger partial charge in [-0.05, 0) is 17.7 Å². The highest BCUT2D eigenvalue weighted by molar-refractivity contribution is 5.24. The average Bonchev–Trinajstić information content (AvgIpc) is 2.34. The van der Waals surface area contributed by atoms with Crippen LogP contribution in [0.25, 0.3) is 0 Å². The summed E-state index contributed by atoms with van der Waals surface area (Å²) in [6.07, 6.45) is -4.31. The number of alkyl halides is 3. The lowest BCUT2D eigenvalue weighted by Crippen LogP contribution is -2.35.